The molecule has 0 unspecified atom stereocenters. The highest BCUT2D eigenvalue weighted by Gasteiger charge is 2.16. The van der Waals surface area contributed by atoms with E-state index >= 15 is 0 Å². The summed E-state index contributed by atoms with van der Waals surface area (Å²) < 4.78 is 1.27. The Morgan fingerprint density at radius 3 is 2.41 bits per heavy atom. The van der Waals surface area contributed by atoms with Crippen molar-refractivity contribution in [2.24, 2.45) is 5.73 Å². The van der Waals surface area contributed by atoms with Crippen molar-refractivity contribution in [1.82, 2.24) is 25.3 Å². The highest BCUT2D eigenvalue weighted by molar-refractivity contribution is 6.36. The van der Waals surface area contributed by atoms with Gasteiger partial charge >= 0.3 is 6.03 Å². The molecule has 1 aromatic heterocycles. The maximum absolute atomic E-state index is 13.1. The number of rotatable bonds is 12. The number of allylic oxidation sites excluding steroid dienone is 3. The number of likely N-dealkylation sites (tertiary alicyclic amines) is 1. The number of nitrogens with two attached hydrogens (primary N) is 1. The molecule has 2 aromatic carbocycles. The third-order valence-corrected chi connectivity index (χ3v) is 8.20. The number of halogens is 2. The second-order valence-electron chi connectivity index (χ2n) is 10.8. The van der Waals surface area contributed by atoms with Crippen LogP contribution in [0.25, 0.3) is 22.4 Å². The van der Waals surface area contributed by atoms with E-state index < -0.39 is 11.6 Å². The number of piperidine rings is 1. The van der Waals surface area contributed by atoms with Gasteiger partial charge in [-0.3, -0.25) is 9.59 Å². The molecule has 4 rings (SSSR count). The molecule has 3 aromatic rings. The van der Waals surface area contributed by atoms with Gasteiger partial charge in [-0.1, -0.05) is 78.7 Å². The number of aromatic nitrogens is 2. The molecule has 12 heteroatoms. The fraction of sp³-hybridized carbons (Fsp3) is 0.294. The van der Waals surface area contributed by atoms with Crippen molar-refractivity contribution in [3.05, 3.63) is 105 Å². The Balaban J connectivity index is 1.51. The Morgan fingerprint density at radius 1 is 1.02 bits per heavy atom. The summed E-state index contributed by atoms with van der Waals surface area (Å²) in [4.78, 5) is 41.0. The van der Waals surface area contributed by atoms with Crippen LogP contribution >= 0.6 is 23.2 Å². The van der Waals surface area contributed by atoms with Crippen LogP contribution in [0.15, 0.2) is 94.0 Å². The number of nitrogens with one attached hydrogen (secondary N) is 3. The van der Waals surface area contributed by atoms with Crippen LogP contribution in [0.2, 0.25) is 0 Å². The van der Waals surface area contributed by atoms with Crippen molar-refractivity contribution in [3.8, 4) is 22.4 Å². The zero-order valence-corrected chi connectivity index (χ0v) is 27.3. The lowest BCUT2D eigenvalue weighted by Gasteiger charge is -2.26. The molecule has 0 radical (unpaired) electrons. The van der Waals surface area contributed by atoms with Crippen LogP contribution in [-0.2, 0) is 17.8 Å². The molecule has 0 saturated carbocycles. The number of hydrogen-bond donors (Lipinski definition) is 4. The quantitative estimate of drug-likeness (QED) is 0.188. The van der Waals surface area contributed by atoms with Crippen molar-refractivity contribution in [3.63, 3.8) is 0 Å². The Labute approximate surface area is 278 Å². The fourth-order valence-electron chi connectivity index (χ4n) is 5.18. The topological polar surface area (TPSA) is 134 Å². The standard InChI is InChI=1S/C34H39Cl2N7O3/c1-3-27(35)32(28(36)22-37)40-34(46)39-30-21-29(41-43(4-2)33(30)45)26-13-9-12-25(20-26)24-11-8-10-23(18-24)19-31(44)38-14-17-42-15-6-5-7-16-42/h3,8-13,18,20-22H,1,4-7,14-17,19,37H2,2H3,(H,38,44)(H2,39,40,46)/b28-22+,32-27-. The third-order valence-electron chi connectivity index (χ3n) is 7.55. The van der Waals surface area contributed by atoms with Gasteiger partial charge in [0.05, 0.1) is 27.9 Å². The van der Waals surface area contributed by atoms with Crippen molar-refractivity contribution in [2.45, 2.75) is 39.2 Å². The smallest absolute Gasteiger partial charge is 0.323 e. The lowest BCUT2D eigenvalue weighted by Crippen LogP contribution is -2.38. The first-order valence-electron chi connectivity index (χ1n) is 15.2. The number of nitrogens with zero attached hydrogens (tertiary/aromatic N) is 3. The fourth-order valence-corrected chi connectivity index (χ4v) is 5.52. The maximum atomic E-state index is 13.1. The van der Waals surface area contributed by atoms with E-state index in [0.717, 1.165) is 48.1 Å². The number of hydrogen-bond acceptors (Lipinski definition) is 6. The van der Waals surface area contributed by atoms with Gasteiger partial charge < -0.3 is 26.6 Å². The first-order chi connectivity index (χ1) is 22.2. The summed E-state index contributed by atoms with van der Waals surface area (Å²) in [5, 5.41) is 12.7. The number of amides is 3. The predicted octanol–water partition coefficient (Wildman–Crippen LogP) is 5.54. The van der Waals surface area contributed by atoms with Crippen molar-refractivity contribution in [2.75, 3.05) is 31.5 Å². The summed E-state index contributed by atoms with van der Waals surface area (Å²) in [6, 6.07) is 16.3. The molecule has 1 aliphatic heterocycles. The van der Waals surface area contributed by atoms with Gasteiger partial charge in [-0.2, -0.15) is 5.10 Å². The molecule has 5 N–H and O–H groups in total. The van der Waals surface area contributed by atoms with Gasteiger partial charge in [0.25, 0.3) is 5.56 Å². The van der Waals surface area contributed by atoms with Gasteiger partial charge in [-0.15, -0.1) is 0 Å². The minimum Gasteiger partial charge on any atom is -0.403 e. The SMILES string of the molecule is C=C/C(Cl)=C(NC(=O)Nc1cc(-c2cccc(-c3cccc(CC(=O)NCCN4CCCCC4)c3)c2)nn(CC)c1=O)\C(Cl)=C/N. The third kappa shape index (κ3) is 9.32. The average molecular weight is 665 g/mol. The van der Waals surface area contributed by atoms with E-state index in [1.807, 2.05) is 48.5 Å². The maximum Gasteiger partial charge on any atom is 0.323 e. The molecule has 0 aliphatic carbocycles. The van der Waals surface area contributed by atoms with Gasteiger partial charge in [0.2, 0.25) is 5.91 Å². The minimum absolute atomic E-state index is 0.00388. The van der Waals surface area contributed by atoms with E-state index in [1.54, 1.807) is 6.92 Å². The number of anilines is 1. The summed E-state index contributed by atoms with van der Waals surface area (Å²) in [6.07, 6.45) is 6.40. The van der Waals surface area contributed by atoms with Gasteiger partial charge in [0, 0.05) is 31.4 Å². The number of benzene rings is 2. The summed E-state index contributed by atoms with van der Waals surface area (Å²) in [5.74, 6) is -0.00584. The van der Waals surface area contributed by atoms with Crippen LogP contribution in [0.3, 0.4) is 0 Å². The van der Waals surface area contributed by atoms with Crippen LogP contribution in [0.4, 0.5) is 10.5 Å². The Hall–Kier alpha value is -4.38. The van der Waals surface area contributed by atoms with Crippen molar-refractivity contribution >= 4 is 40.8 Å². The molecule has 242 valence electrons. The second kappa shape index (κ2) is 16.8. The first kappa shape index (κ1) is 34.5. The molecule has 1 aliphatic rings. The summed E-state index contributed by atoms with van der Waals surface area (Å²) in [6.45, 7) is 9.36. The molecular formula is C34H39Cl2N7O3. The Bertz CT molecular complexity index is 1690. The molecule has 1 fully saturated rings. The predicted molar refractivity (Wildman–Crippen MR) is 185 cm³/mol. The molecule has 3 amide bonds. The average Bonchev–Trinajstić information content (AvgIpc) is 3.08. The Morgan fingerprint density at radius 2 is 1.72 bits per heavy atom. The van der Waals surface area contributed by atoms with Crippen LogP contribution in [-0.4, -0.2) is 52.8 Å². The summed E-state index contributed by atoms with van der Waals surface area (Å²) >= 11 is 12.2. The molecule has 10 nitrogen and oxygen atoms in total. The Kier molecular flexibility index (Phi) is 12.6. The monoisotopic (exact) mass is 663 g/mol. The van der Waals surface area contributed by atoms with Gasteiger partial charge in [-0.25, -0.2) is 9.48 Å². The van der Waals surface area contributed by atoms with Crippen LogP contribution < -0.4 is 27.2 Å². The largest absolute Gasteiger partial charge is 0.403 e. The summed E-state index contributed by atoms with van der Waals surface area (Å²) in [5.41, 5.74) is 9.00. The summed E-state index contributed by atoms with van der Waals surface area (Å²) in [7, 11) is 0. The molecule has 0 bridgehead atoms. The van der Waals surface area contributed by atoms with E-state index in [4.69, 9.17) is 28.9 Å². The molecule has 2 heterocycles. The zero-order valence-electron chi connectivity index (χ0n) is 25.8. The zero-order chi connectivity index (χ0) is 33.1. The highest BCUT2D eigenvalue weighted by atomic mass is 35.5. The lowest BCUT2D eigenvalue weighted by atomic mass is 9.99. The van der Waals surface area contributed by atoms with Gasteiger partial charge in [0.1, 0.15) is 5.69 Å². The second-order valence-corrected chi connectivity index (χ2v) is 11.6. The molecule has 1 saturated heterocycles. The number of aryl methyl sites for hydroxylation is 1. The highest BCUT2D eigenvalue weighted by Crippen LogP contribution is 2.27. The normalized spacial score (nSPS) is 14.3. The van der Waals surface area contributed by atoms with Crippen molar-refractivity contribution in [1.29, 1.82) is 0 Å². The first-order valence-corrected chi connectivity index (χ1v) is 16.0. The van der Waals surface area contributed by atoms with E-state index in [-0.39, 0.29) is 40.3 Å². The van der Waals surface area contributed by atoms with E-state index in [0.29, 0.717) is 12.2 Å². The molecule has 0 spiro atoms. The van der Waals surface area contributed by atoms with Gasteiger partial charge in [0.15, 0.2) is 0 Å². The molecule has 46 heavy (non-hydrogen) atoms. The number of carbonyl (C=O) groups excluding carboxylic acids is 2. The van der Waals surface area contributed by atoms with Crippen molar-refractivity contribution < 1.29 is 9.59 Å². The number of urea groups is 1. The lowest BCUT2D eigenvalue weighted by molar-refractivity contribution is -0.120. The molecular weight excluding hydrogens is 625 g/mol. The van der Waals surface area contributed by atoms with E-state index in [9.17, 15) is 14.4 Å². The van der Waals surface area contributed by atoms with Crippen LogP contribution in [0.5, 0.6) is 0 Å². The van der Waals surface area contributed by atoms with E-state index in [1.165, 1.54) is 36.1 Å². The van der Waals surface area contributed by atoms with Crippen LogP contribution in [0, 0.1) is 0 Å². The van der Waals surface area contributed by atoms with Crippen LogP contribution in [0.1, 0.15) is 31.7 Å². The number of carbonyl (C=O) groups is 2. The minimum atomic E-state index is -0.756. The van der Waals surface area contributed by atoms with E-state index in [2.05, 4.69) is 32.5 Å². The molecule has 0 atom stereocenters. The van der Waals surface area contributed by atoms with Gasteiger partial charge in [-0.05, 0) is 67.8 Å².